The number of halogens is 3. The van der Waals surface area contributed by atoms with Crippen LogP contribution >= 0.6 is 0 Å². The molecule has 0 spiro atoms. The van der Waals surface area contributed by atoms with Gasteiger partial charge in [0.15, 0.2) is 0 Å². The second-order valence-corrected chi connectivity index (χ2v) is 9.42. The summed E-state index contributed by atoms with van der Waals surface area (Å²) in [4.78, 5) is 12.8. The Labute approximate surface area is 182 Å². The summed E-state index contributed by atoms with van der Waals surface area (Å²) in [7, 11) is -3.40. The standard InChI is InChI=1S/C21H19F3N4O3S/c1-13-10-19(28(26-13)17-5-3-4-16(12-17)21(22,23)24)25-20(29)15-6-7-18-14(11-15)8-9-27(18)32(2,30)31/h3-7,10-12H,8-9H2,1-2H3,(H,25,29). The minimum Gasteiger partial charge on any atom is -0.306 e. The molecular formula is C21H19F3N4O3S. The first-order valence-electron chi connectivity index (χ1n) is 9.60. The van der Waals surface area contributed by atoms with Crippen molar-refractivity contribution in [3.8, 4) is 5.69 Å². The van der Waals surface area contributed by atoms with Crippen LogP contribution in [0, 0.1) is 6.92 Å². The molecule has 0 unspecified atom stereocenters. The zero-order chi connectivity index (χ0) is 23.3. The van der Waals surface area contributed by atoms with E-state index in [9.17, 15) is 26.4 Å². The van der Waals surface area contributed by atoms with Gasteiger partial charge in [-0.2, -0.15) is 18.3 Å². The molecule has 1 aliphatic rings. The van der Waals surface area contributed by atoms with Crippen LogP contribution < -0.4 is 9.62 Å². The molecule has 32 heavy (non-hydrogen) atoms. The predicted molar refractivity (Wildman–Crippen MR) is 114 cm³/mol. The summed E-state index contributed by atoms with van der Waals surface area (Å²) in [5, 5.41) is 6.89. The summed E-state index contributed by atoms with van der Waals surface area (Å²) in [5.41, 5.74) is 1.40. The topological polar surface area (TPSA) is 84.3 Å². The molecule has 0 aliphatic carbocycles. The van der Waals surface area contributed by atoms with E-state index in [1.807, 2.05) is 0 Å². The predicted octanol–water partition coefficient (Wildman–Crippen LogP) is 3.77. The molecule has 1 aliphatic heterocycles. The van der Waals surface area contributed by atoms with Crippen LogP contribution in [0.25, 0.3) is 5.69 Å². The van der Waals surface area contributed by atoms with Gasteiger partial charge in [0, 0.05) is 18.2 Å². The Morgan fingerprint density at radius 1 is 1.12 bits per heavy atom. The molecule has 0 saturated carbocycles. The number of hydrogen-bond acceptors (Lipinski definition) is 4. The molecule has 2 heterocycles. The first kappa shape index (κ1) is 21.9. The molecule has 0 bridgehead atoms. The lowest BCUT2D eigenvalue weighted by molar-refractivity contribution is -0.137. The number of amides is 1. The molecule has 0 radical (unpaired) electrons. The Morgan fingerprint density at radius 2 is 1.88 bits per heavy atom. The number of nitrogens with one attached hydrogen (secondary N) is 1. The summed E-state index contributed by atoms with van der Waals surface area (Å²) in [6.45, 7) is 1.97. The monoisotopic (exact) mass is 464 g/mol. The molecule has 0 saturated heterocycles. The highest BCUT2D eigenvalue weighted by Gasteiger charge is 2.31. The highest BCUT2D eigenvalue weighted by atomic mass is 32.2. The van der Waals surface area contributed by atoms with Crippen molar-refractivity contribution >= 4 is 27.4 Å². The van der Waals surface area contributed by atoms with Crippen molar-refractivity contribution in [2.75, 3.05) is 22.4 Å². The second kappa shape index (κ2) is 7.66. The summed E-state index contributed by atoms with van der Waals surface area (Å²) in [5.74, 6) is -0.274. The molecule has 7 nitrogen and oxygen atoms in total. The Kier molecular flexibility index (Phi) is 5.24. The van der Waals surface area contributed by atoms with Gasteiger partial charge < -0.3 is 5.32 Å². The van der Waals surface area contributed by atoms with E-state index in [0.717, 1.165) is 24.0 Å². The fraction of sp³-hybridized carbons (Fsp3) is 0.238. The van der Waals surface area contributed by atoms with Crippen molar-refractivity contribution in [2.24, 2.45) is 0 Å². The van der Waals surface area contributed by atoms with E-state index in [1.54, 1.807) is 25.1 Å². The van der Waals surface area contributed by atoms with Crippen molar-refractivity contribution in [1.29, 1.82) is 0 Å². The van der Waals surface area contributed by atoms with Gasteiger partial charge in [-0.1, -0.05) is 6.07 Å². The minimum absolute atomic E-state index is 0.154. The molecular weight excluding hydrogens is 445 g/mol. The first-order valence-corrected chi connectivity index (χ1v) is 11.4. The number of carbonyl (C=O) groups excluding carboxylic acids is 1. The second-order valence-electron chi connectivity index (χ2n) is 7.51. The number of carbonyl (C=O) groups is 1. The lowest BCUT2D eigenvalue weighted by Gasteiger charge is -2.16. The number of fused-ring (bicyclic) bond motifs is 1. The smallest absolute Gasteiger partial charge is 0.306 e. The van der Waals surface area contributed by atoms with E-state index in [-0.39, 0.29) is 11.5 Å². The quantitative estimate of drug-likeness (QED) is 0.637. The van der Waals surface area contributed by atoms with Crippen molar-refractivity contribution in [3.05, 3.63) is 70.9 Å². The Morgan fingerprint density at radius 3 is 2.56 bits per heavy atom. The largest absolute Gasteiger partial charge is 0.416 e. The maximum absolute atomic E-state index is 13.1. The van der Waals surface area contributed by atoms with Crippen LogP contribution in [-0.4, -0.2) is 36.9 Å². The van der Waals surface area contributed by atoms with Gasteiger partial charge in [0.25, 0.3) is 5.91 Å². The lowest BCUT2D eigenvalue weighted by atomic mass is 10.1. The normalized spacial score (nSPS) is 13.8. The van der Waals surface area contributed by atoms with Gasteiger partial charge in [-0.05, 0) is 55.3 Å². The van der Waals surface area contributed by atoms with Gasteiger partial charge in [0.2, 0.25) is 10.0 Å². The van der Waals surface area contributed by atoms with Gasteiger partial charge in [-0.15, -0.1) is 0 Å². The molecule has 1 amide bonds. The van der Waals surface area contributed by atoms with Crippen LogP contribution in [-0.2, 0) is 22.6 Å². The van der Waals surface area contributed by atoms with E-state index in [2.05, 4.69) is 10.4 Å². The van der Waals surface area contributed by atoms with E-state index in [0.29, 0.717) is 29.9 Å². The molecule has 11 heteroatoms. The number of alkyl halides is 3. The van der Waals surface area contributed by atoms with Crippen molar-refractivity contribution in [2.45, 2.75) is 19.5 Å². The molecule has 0 fully saturated rings. The molecule has 1 aromatic heterocycles. The number of rotatable bonds is 4. The highest BCUT2D eigenvalue weighted by molar-refractivity contribution is 7.92. The number of benzene rings is 2. The molecule has 168 valence electrons. The first-order chi connectivity index (χ1) is 14.9. The zero-order valence-electron chi connectivity index (χ0n) is 17.1. The number of nitrogens with zero attached hydrogens (tertiary/aromatic N) is 3. The molecule has 4 rings (SSSR count). The van der Waals surface area contributed by atoms with Crippen LogP contribution in [0.1, 0.15) is 27.2 Å². The van der Waals surface area contributed by atoms with Crippen LogP contribution in [0.2, 0.25) is 0 Å². The highest BCUT2D eigenvalue weighted by Crippen LogP contribution is 2.32. The molecule has 3 aromatic rings. The maximum Gasteiger partial charge on any atom is 0.416 e. The lowest BCUT2D eigenvalue weighted by Crippen LogP contribution is -2.27. The zero-order valence-corrected chi connectivity index (χ0v) is 18.0. The van der Waals surface area contributed by atoms with Crippen molar-refractivity contribution in [3.63, 3.8) is 0 Å². The van der Waals surface area contributed by atoms with Gasteiger partial charge in [0.1, 0.15) is 5.82 Å². The number of hydrogen-bond donors (Lipinski definition) is 1. The Balaban J connectivity index is 1.62. The molecule has 1 N–H and O–H groups in total. The average molecular weight is 464 g/mol. The van der Waals surface area contributed by atoms with Crippen molar-refractivity contribution < 1.29 is 26.4 Å². The SMILES string of the molecule is Cc1cc(NC(=O)c2ccc3c(c2)CCN3S(C)(=O)=O)n(-c2cccc(C(F)(F)F)c2)n1. The third-order valence-electron chi connectivity index (χ3n) is 5.09. The van der Waals surface area contributed by atoms with E-state index < -0.39 is 27.7 Å². The number of aromatic nitrogens is 2. The maximum atomic E-state index is 13.1. The van der Waals surface area contributed by atoms with Gasteiger partial charge in [-0.3, -0.25) is 9.10 Å². The summed E-state index contributed by atoms with van der Waals surface area (Å²) < 4.78 is 65.6. The van der Waals surface area contributed by atoms with Gasteiger partial charge >= 0.3 is 6.18 Å². The van der Waals surface area contributed by atoms with E-state index >= 15 is 0 Å². The number of anilines is 2. The summed E-state index contributed by atoms with van der Waals surface area (Å²) in [6, 6.07) is 10.9. The van der Waals surface area contributed by atoms with Gasteiger partial charge in [-0.25, -0.2) is 13.1 Å². The van der Waals surface area contributed by atoms with E-state index in [4.69, 9.17) is 0 Å². The minimum atomic E-state index is -4.51. The number of aryl methyl sites for hydroxylation is 1. The van der Waals surface area contributed by atoms with Crippen LogP contribution in [0.5, 0.6) is 0 Å². The molecule has 0 atom stereocenters. The van der Waals surface area contributed by atoms with Crippen LogP contribution in [0.15, 0.2) is 48.5 Å². The number of sulfonamides is 1. The van der Waals surface area contributed by atoms with E-state index in [1.165, 1.54) is 27.2 Å². The third kappa shape index (κ3) is 4.20. The molecule has 2 aromatic carbocycles. The Hall–Kier alpha value is -3.34. The summed E-state index contributed by atoms with van der Waals surface area (Å²) in [6.07, 6.45) is -2.91. The Bertz CT molecular complexity index is 1320. The third-order valence-corrected chi connectivity index (χ3v) is 6.27. The van der Waals surface area contributed by atoms with Crippen molar-refractivity contribution in [1.82, 2.24) is 9.78 Å². The van der Waals surface area contributed by atoms with Gasteiger partial charge in [0.05, 0.1) is 28.9 Å². The van der Waals surface area contributed by atoms with Crippen LogP contribution in [0.4, 0.5) is 24.7 Å². The fourth-order valence-corrected chi connectivity index (χ4v) is 4.60. The summed E-state index contributed by atoms with van der Waals surface area (Å²) >= 11 is 0. The fourth-order valence-electron chi connectivity index (χ4n) is 3.65. The average Bonchev–Trinajstić information content (AvgIpc) is 3.30. The van der Waals surface area contributed by atoms with Crippen LogP contribution in [0.3, 0.4) is 0 Å².